The largest absolute Gasteiger partial charge is 0.395 e. The van der Waals surface area contributed by atoms with Crippen molar-refractivity contribution in [3.8, 4) is 0 Å². The molecule has 148 valence electrons. The summed E-state index contributed by atoms with van der Waals surface area (Å²) in [6, 6.07) is 16.9. The molecule has 2 aromatic rings. The van der Waals surface area contributed by atoms with Gasteiger partial charge in [0.1, 0.15) is 18.9 Å². The van der Waals surface area contributed by atoms with Crippen LogP contribution in [-0.2, 0) is 22.5 Å². The lowest BCUT2D eigenvalue weighted by molar-refractivity contribution is -0.121. The van der Waals surface area contributed by atoms with Gasteiger partial charge in [0.2, 0.25) is 0 Å². The third-order valence-electron chi connectivity index (χ3n) is 5.23. The summed E-state index contributed by atoms with van der Waals surface area (Å²) in [7, 11) is 0. The summed E-state index contributed by atoms with van der Waals surface area (Å²) < 4.78 is 0. The minimum absolute atomic E-state index is 0.0666. The van der Waals surface area contributed by atoms with Crippen LogP contribution in [0.3, 0.4) is 0 Å². The average Bonchev–Trinajstić information content (AvgIpc) is 2.89. The Morgan fingerprint density at radius 3 is 2.07 bits per heavy atom. The number of carbonyl (C=O) groups excluding carboxylic acids is 1. The Balaban J connectivity index is 1.53. The molecular weight excluding hydrogens is 350 g/mol. The minimum atomic E-state index is -0.333. The molecule has 4 heteroatoms. The molecule has 0 bridgehead atoms. The first kappa shape index (κ1) is 20.3. The van der Waals surface area contributed by atoms with Crippen LogP contribution in [0.1, 0.15) is 60.8 Å². The molecule has 28 heavy (non-hydrogen) atoms. The number of nitrogens with zero attached hydrogens (tertiary/aromatic N) is 1. The molecule has 0 saturated carbocycles. The van der Waals surface area contributed by atoms with Crippen molar-refractivity contribution in [2.75, 3.05) is 13.2 Å². The topological polar surface area (TPSA) is 58.9 Å². The quantitative estimate of drug-likeness (QED) is 0.490. The fraction of sp³-hybridized carbons (Fsp3) is 0.417. The van der Waals surface area contributed by atoms with Gasteiger partial charge in [0.25, 0.3) is 0 Å². The number of aryl methyl sites for hydroxylation is 2. The van der Waals surface area contributed by atoms with E-state index in [-0.39, 0.29) is 12.4 Å². The molecule has 0 unspecified atom stereocenters. The molecule has 2 aromatic carbocycles. The lowest BCUT2D eigenvalue weighted by atomic mass is 9.98. The minimum Gasteiger partial charge on any atom is -0.395 e. The van der Waals surface area contributed by atoms with E-state index in [1.54, 1.807) is 0 Å². The molecule has 4 nitrogen and oxygen atoms in total. The fourth-order valence-corrected chi connectivity index (χ4v) is 3.66. The van der Waals surface area contributed by atoms with E-state index in [0.29, 0.717) is 13.0 Å². The van der Waals surface area contributed by atoms with Crippen molar-refractivity contribution in [2.24, 2.45) is 5.16 Å². The number of carbonyl (C=O) groups is 1. The molecule has 3 rings (SSSR count). The number of oxime groups is 1. The fourth-order valence-electron chi connectivity index (χ4n) is 3.66. The van der Waals surface area contributed by atoms with E-state index in [4.69, 9.17) is 9.94 Å². The summed E-state index contributed by atoms with van der Waals surface area (Å²) in [6.45, 7) is 0.268. The number of benzene rings is 2. The van der Waals surface area contributed by atoms with Crippen molar-refractivity contribution in [3.05, 3.63) is 70.8 Å². The maximum Gasteiger partial charge on any atom is 0.158 e. The van der Waals surface area contributed by atoms with E-state index in [9.17, 15) is 4.79 Å². The lowest BCUT2D eigenvalue weighted by Crippen LogP contribution is -2.07. The van der Waals surface area contributed by atoms with Crippen LogP contribution in [0.25, 0.3) is 0 Å². The summed E-state index contributed by atoms with van der Waals surface area (Å²) in [6.07, 6.45) is 7.48. The molecule has 0 heterocycles. The third-order valence-corrected chi connectivity index (χ3v) is 5.23. The molecule has 0 amide bonds. The van der Waals surface area contributed by atoms with Crippen LogP contribution in [0, 0.1) is 0 Å². The van der Waals surface area contributed by atoms with Gasteiger partial charge in [-0.25, -0.2) is 0 Å². The predicted octanol–water partition coefficient (Wildman–Crippen LogP) is 4.46. The van der Waals surface area contributed by atoms with Gasteiger partial charge in [0, 0.05) is 17.5 Å². The monoisotopic (exact) mass is 379 g/mol. The first-order valence-electron chi connectivity index (χ1n) is 10.3. The van der Waals surface area contributed by atoms with Gasteiger partial charge in [0.15, 0.2) is 5.78 Å². The molecule has 0 aliphatic heterocycles. The van der Waals surface area contributed by atoms with Crippen molar-refractivity contribution in [3.63, 3.8) is 0 Å². The third kappa shape index (κ3) is 5.52. The predicted molar refractivity (Wildman–Crippen MR) is 112 cm³/mol. The number of aliphatic hydroxyl groups excluding tert-OH is 1. The molecule has 0 aromatic heterocycles. The van der Waals surface area contributed by atoms with E-state index in [0.717, 1.165) is 50.7 Å². The normalized spacial score (nSPS) is 12.7. The van der Waals surface area contributed by atoms with Crippen LogP contribution in [0.2, 0.25) is 0 Å². The number of aliphatic hydroxyl groups is 1. The van der Waals surface area contributed by atoms with Crippen LogP contribution in [-0.4, -0.2) is 29.8 Å². The second kappa shape index (κ2) is 10.8. The second-order valence-electron chi connectivity index (χ2n) is 7.30. The Kier molecular flexibility index (Phi) is 7.80. The summed E-state index contributed by atoms with van der Waals surface area (Å²) in [4.78, 5) is 16.8. The van der Waals surface area contributed by atoms with Gasteiger partial charge in [-0.15, -0.1) is 0 Å². The summed E-state index contributed by atoms with van der Waals surface area (Å²) in [5.74, 6) is -0.0666. The van der Waals surface area contributed by atoms with Crippen LogP contribution in [0.4, 0.5) is 0 Å². The lowest BCUT2D eigenvalue weighted by Gasteiger charge is -2.10. The highest BCUT2D eigenvalue weighted by atomic mass is 16.6. The van der Waals surface area contributed by atoms with E-state index < -0.39 is 0 Å². The van der Waals surface area contributed by atoms with Crippen molar-refractivity contribution < 1.29 is 14.7 Å². The van der Waals surface area contributed by atoms with Gasteiger partial charge >= 0.3 is 0 Å². The molecule has 0 atom stereocenters. The zero-order valence-electron chi connectivity index (χ0n) is 16.4. The number of ketones is 1. The number of fused-ring (bicyclic) bond motifs is 2. The van der Waals surface area contributed by atoms with Crippen molar-refractivity contribution in [2.45, 2.75) is 51.4 Å². The maximum absolute atomic E-state index is 11.1. The van der Waals surface area contributed by atoms with Crippen LogP contribution in [0.5, 0.6) is 0 Å². The number of rotatable bonds is 10. The van der Waals surface area contributed by atoms with Gasteiger partial charge in [-0.1, -0.05) is 66.5 Å². The highest BCUT2D eigenvalue weighted by Crippen LogP contribution is 2.25. The molecular formula is C24H29NO3. The zero-order chi connectivity index (χ0) is 19.6. The Morgan fingerprint density at radius 2 is 1.43 bits per heavy atom. The Hall–Kier alpha value is -2.46. The van der Waals surface area contributed by atoms with Crippen LogP contribution >= 0.6 is 0 Å². The smallest absolute Gasteiger partial charge is 0.158 e. The van der Waals surface area contributed by atoms with Gasteiger partial charge in [0.05, 0.1) is 0 Å². The molecule has 0 saturated heterocycles. The van der Waals surface area contributed by atoms with Gasteiger partial charge in [-0.05, 0) is 43.2 Å². The summed E-state index contributed by atoms with van der Waals surface area (Å²) in [5, 5.41) is 13.2. The first-order chi connectivity index (χ1) is 13.8. The second-order valence-corrected chi connectivity index (χ2v) is 7.30. The average molecular weight is 380 g/mol. The molecule has 1 aliphatic rings. The molecule has 0 radical (unpaired) electrons. The maximum atomic E-state index is 11.1. The summed E-state index contributed by atoms with van der Waals surface area (Å²) in [5.41, 5.74) is 5.91. The van der Waals surface area contributed by atoms with Gasteiger partial charge < -0.3 is 9.94 Å². The van der Waals surface area contributed by atoms with Crippen LogP contribution in [0.15, 0.2) is 53.7 Å². The van der Waals surface area contributed by atoms with E-state index in [1.807, 2.05) is 0 Å². The van der Waals surface area contributed by atoms with Crippen LogP contribution < -0.4 is 0 Å². The standard InChI is InChI=1S/C24H29NO3/c26-18-21(27)12-4-2-1-3-9-17-28-25-24-22-13-7-5-10-19(22)15-16-20-11-6-8-14-23(20)24/h5-8,10-11,13-14,26H,1-4,9,12,15-18H2. The number of hydrogen-bond donors (Lipinski definition) is 1. The van der Waals surface area contributed by atoms with E-state index >= 15 is 0 Å². The van der Waals surface area contributed by atoms with Gasteiger partial charge in [-0.3, -0.25) is 4.79 Å². The SMILES string of the molecule is O=C(CO)CCCCCCCON=C1c2ccccc2CCc2ccccc21. The Bertz CT molecular complexity index is 764. The Labute approximate surface area is 167 Å². The molecule has 1 N–H and O–H groups in total. The van der Waals surface area contributed by atoms with Crippen molar-refractivity contribution in [1.82, 2.24) is 0 Å². The highest BCUT2D eigenvalue weighted by Gasteiger charge is 2.19. The highest BCUT2D eigenvalue weighted by molar-refractivity contribution is 6.14. The molecule has 0 spiro atoms. The molecule has 0 fully saturated rings. The number of hydrogen-bond acceptors (Lipinski definition) is 4. The number of Topliss-reactive ketones (excluding diaryl/α,β-unsaturated/α-hetero) is 1. The number of unbranched alkanes of at least 4 members (excludes halogenated alkanes) is 4. The first-order valence-corrected chi connectivity index (χ1v) is 10.3. The van der Waals surface area contributed by atoms with Crippen molar-refractivity contribution >= 4 is 11.5 Å². The Morgan fingerprint density at radius 1 is 0.857 bits per heavy atom. The van der Waals surface area contributed by atoms with E-state index in [2.05, 4.69) is 53.7 Å². The van der Waals surface area contributed by atoms with Crippen molar-refractivity contribution in [1.29, 1.82) is 0 Å². The van der Waals surface area contributed by atoms with Gasteiger partial charge in [-0.2, -0.15) is 0 Å². The van der Waals surface area contributed by atoms with E-state index in [1.165, 1.54) is 22.3 Å². The molecule has 1 aliphatic carbocycles. The summed E-state index contributed by atoms with van der Waals surface area (Å²) >= 11 is 0. The zero-order valence-corrected chi connectivity index (χ0v) is 16.4.